The predicted octanol–water partition coefficient (Wildman–Crippen LogP) is 4.40. The fourth-order valence-electron chi connectivity index (χ4n) is 3.66. The van der Waals surface area contributed by atoms with E-state index in [1.165, 1.54) is 4.90 Å². The zero-order valence-electron chi connectivity index (χ0n) is 16.0. The monoisotopic (exact) mass is 418 g/mol. The third kappa shape index (κ3) is 3.84. The van der Waals surface area contributed by atoms with E-state index < -0.39 is 17.7 Å². The molecule has 2 heterocycles. The first-order chi connectivity index (χ1) is 14.6. The third-order valence-electron chi connectivity index (χ3n) is 5.16. The highest BCUT2D eigenvalue weighted by Gasteiger charge is 2.45. The first-order valence-electron chi connectivity index (χ1n) is 9.54. The number of likely N-dealkylation sites (tertiary alicyclic amines) is 1. The van der Waals surface area contributed by atoms with Crippen LogP contribution in [0.2, 0.25) is 5.02 Å². The number of aliphatic hydroxyl groups excluding tert-OH is 1. The largest absolute Gasteiger partial charge is 0.507 e. The Morgan fingerprint density at radius 2 is 1.63 bits per heavy atom. The number of hydrogen-bond donors (Lipinski definition) is 1. The Morgan fingerprint density at radius 1 is 0.967 bits per heavy atom. The van der Waals surface area contributed by atoms with Crippen LogP contribution in [0, 0.1) is 0 Å². The van der Waals surface area contributed by atoms with Crippen molar-refractivity contribution in [3.05, 3.63) is 106 Å². The van der Waals surface area contributed by atoms with Crippen LogP contribution in [0.15, 0.2) is 84.7 Å². The zero-order valence-corrected chi connectivity index (χ0v) is 16.8. The molecule has 1 amide bonds. The second-order valence-corrected chi connectivity index (χ2v) is 7.45. The molecule has 1 saturated heterocycles. The van der Waals surface area contributed by atoms with Crippen LogP contribution in [0.4, 0.5) is 0 Å². The number of carbonyl (C=O) groups is 2. The minimum atomic E-state index is -0.697. The number of nitrogens with zero attached hydrogens (tertiary/aromatic N) is 2. The fraction of sp³-hybridized carbons (Fsp3) is 0.125. The van der Waals surface area contributed by atoms with Crippen molar-refractivity contribution < 1.29 is 14.7 Å². The van der Waals surface area contributed by atoms with Gasteiger partial charge in [-0.05, 0) is 53.9 Å². The molecule has 150 valence electrons. The van der Waals surface area contributed by atoms with Gasteiger partial charge in [0, 0.05) is 29.5 Å². The van der Waals surface area contributed by atoms with Crippen molar-refractivity contribution in [3.63, 3.8) is 0 Å². The van der Waals surface area contributed by atoms with Crippen molar-refractivity contribution in [2.24, 2.45) is 0 Å². The standard InChI is InChI=1S/C24H19ClN2O3/c25-19-8-6-18(7-9-19)22(28)20-21(17-10-13-26-14-11-17)27(24(30)23(20)29)15-12-16-4-2-1-3-5-16/h1-11,13-14,21,28H,12,15H2/b22-20+. The molecular formula is C24H19ClN2O3. The van der Waals surface area contributed by atoms with Crippen LogP contribution in [0.1, 0.15) is 22.7 Å². The topological polar surface area (TPSA) is 70.5 Å². The second kappa shape index (κ2) is 8.51. The average Bonchev–Trinajstić information content (AvgIpc) is 3.04. The number of hydrogen-bond acceptors (Lipinski definition) is 4. The summed E-state index contributed by atoms with van der Waals surface area (Å²) < 4.78 is 0. The quantitative estimate of drug-likeness (QED) is 0.379. The van der Waals surface area contributed by atoms with Gasteiger partial charge >= 0.3 is 0 Å². The molecule has 0 saturated carbocycles. The normalized spacial score (nSPS) is 18.0. The van der Waals surface area contributed by atoms with Crippen LogP contribution in [0.3, 0.4) is 0 Å². The van der Waals surface area contributed by atoms with Crippen LogP contribution >= 0.6 is 11.6 Å². The number of aromatic nitrogens is 1. The van der Waals surface area contributed by atoms with Gasteiger partial charge in [-0.3, -0.25) is 14.6 Å². The Bertz CT molecular complexity index is 1100. The van der Waals surface area contributed by atoms with Gasteiger partial charge < -0.3 is 10.0 Å². The maximum Gasteiger partial charge on any atom is 0.295 e. The minimum absolute atomic E-state index is 0.0709. The first-order valence-corrected chi connectivity index (χ1v) is 9.92. The van der Waals surface area contributed by atoms with E-state index in [1.807, 2.05) is 30.3 Å². The van der Waals surface area contributed by atoms with Crippen LogP contribution in [-0.4, -0.2) is 33.2 Å². The van der Waals surface area contributed by atoms with Crippen LogP contribution < -0.4 is 0 Å². The summed E-state index contributed by atoms with van der Waals surface area (Å²) in [7, 11) is 0. The number of rotatable bonds is 5. The maximum absolute atomic E-state index is 12.9. The van der Waals surface area contributed by atoms with Crippen LogP contribution in [0.25, 0.3) is 5.76 Å². The van der Waals surface area contributed by atoms with Gasteiger partial charge in [-0.2, -0.15) is 0 Å². The highest BCUT2D eigenvalue weighted by atomic mass is 35.5. The summed E-state index contributed by atoms with van der Waals surface area (Å²) in [5.74, 6) is -1.53. The lowest BCUT2D eigenvalue weighted by Crippen LogP contribution is -2.31. The molecule has 0 spiro atoms. The van der Waals surface area contributed by atoms with Gasteiger partial charge in [-0.15, -0.1) is 0 Å². The van der Waals surface area contributed by atoms with Crippen LogP contribution in [0.5, 0.6) is 0 Å². The molecule has 1 aromatic heterocycles. The maximum atomic E-state index is 12.9. The predicted molar refractivity (Wildman–Crippen MR) is 115 cm³/mol. The Morgan fingerprint density at radius 3 is 2.30 bits per heavy atom. The average molecular weight is 419 g/mol. The molecule has 1 unspecified atom stereocenters. The molecule has 6 heteroatoms. The Hall–Kier alpha value is -3.44. The van der Waals surface area contributed by atoms with Gasteiger partial charge in [0.1, 0.15) is 5.76 Å². The van der Waals surface area contributed by atoms with Crippen molar-refractivity contribution in [2.75, 3.05) is 6.54 Å². The van der Waals surface area contributed by atoms with E-state index in [-0.39, 0.29) is 11.3 Å². The van der Waals surface area contributed by atoms with Gasteiger partial charge in [0.2, 0.25) is 0 Å². The first kappa shape index (κ1) is 19.9. The van der Waals surface area contributed by atoms with Gasteiger partial charge in [0.15, 0.2) is 0 Å². The van der Waals surface area contributed by atoms with Gasteiger partial charge in [0.25, 0.3) is 11.7 Å². The molecule has 5 nitrogen and oxygen atoms in total. The van der Waals surface area contributed by atoms with Gasteiger partial charge in [-0.25, -0.2) is 0 Å². The van der Waals surface area contributed by atoms with E-state index in [0.717, 1.165) is 5.56 Å². The summed E-state index contributed by atoms with van der Waals surface area (Å²) >= 11 is 5.94. The molecule has 0 aliphatic carbocycles. The molecule has 1 N–H and O–H groups in total. The van der Waals surface area contributed by atoms with Crippen molar-refractivity contribution >= 4 is 29.1 Å². The van der Waals surface area contributed by atoms with Crippen molar-refractivity contribution in [1.29, 1.82) is 0 Å². The highest BCUT2D eigenvalue weighted by Crippen LogP contribution is 2.39. The molecule has 30 heavy (non-hydrogen) atoms. The molecule has 1 fully saturated rings. The summed E-state index contributed by atoms with van der Waals surface area (Å²) in [5, 5.41) is 11.5. The summed E-state index contributed by atoms with van der Waals surface area (Å²) in [6, 6.07) is 19.1. The molecule has 1 aliphatic heterocycles. The Labute approximate surface area is 179 Å². The Balaban J connectivity index is 1.76. The van der Waals surface area contributed by atoms with Crippen molar-refractivity contribution in [3.8, 4) is 0 Å². The SMILES string of the molecule is O=C1C(=O)N(CCc2ccccc2)C(c2ccncc2)/C1=C(\O)c1ccc(Cl)cc1. The number of ketones is 1. The smallest absolute Gasteiger partial charge is 0.295 e. The second-order valence-electron chi connectivity index (χ2n) is 7.02. The number of carbonyl (C=O) groups excluding carboxylic acids is 2. The lowest BCUT2D eigenvalue weighted by Gasteiger charge is -2.25. The molecule has 4 rings (SSSR count). The lowest BCUT2D eigenvalue weighted by atomic mass is 9.96. The highest BCUT2D eigenvalue weighted by molar-refractivity contribution is 6.46. The Kier molecular flexibility index (Phi) is 5.63. The van der Waals surface area contributed by atoms with Crippen molar-refractivity contribution in [2.45, 2.75) is 12.5 Å². The third-order valence-corrected chi connectivity index (χ3v) is 5.42. The summed E-state index contributed by atoms with van der Waals surface area (Å²) in [6.45, 7) is 0.346. The number of pyridine rings is 1. The van der Waals surface area contributed by atoms with Crippen molar-refractivity contribution in [1.82, 2.24) is 9.88 Å². The molecule has 1 atom stereocenters. The summed E-state index contributed by atoms with van der Waals surface area (Å²) in [4.78, 5) is 31.4. The summed E-state index contributed by atoms with van der Waals surface area (Å²) in [5.41, 5.74) is 2.28. The molecule has 2 aromatic carbocycles. The molecular weight excluding hydrogens is 400 g/mol. The molecule has 3 aromatic rings. The molecule has 0 bridgehead atoms. The summed E-state index contributed by atoms with van der Waals surface area (Å²) in [6.07, 6.45) is 3.81. The van der Waals surface area contributed by atoms with Crippen LogP contribution in [-0.2, 0) is 16.0 Å². The number of amides is 1. The number of halogens is 1. The number of Topliss-reactive ketones (excluding diaryl/α,β-unsaturated/α-hetero) is 1. The van der Waals surface area contributed by atoms with E-state index >= 15 is 0 Å². The molecule has 0 radical (unpaired) electrons. The number of aliphatic hydroxyl groups is 1. The minimum Gasteiger partial charge on any atom is -0.507 e. The van der Waals surface area contributed by atoms with E-state index in [1.54, 1.807) is 48.8 Å². The lowest BCUT2D eigenvalue weighted by molar-refractivity contribution is -0.139. The zero-order chi connectivity index (χ0) is 21.1. The van der Waals surface area contributed by atoms with E-state index in [9.17, 15) is 14.7 Å². The van der Waals surface area contributed by atoms with E-state index in [4.69, 9.17) is 11.6 Å². The van der Waals surface area contributed by atoms with E-state index in [0.29, 0.717) is 29.1 Å². The van der Waals surface area contributed by atoms with Gasteiger partial charge in [0.05, 0.1) is 11.6 Å². The van der Waals surface area contributed by atoms with E-state index in [2.05, 4.69) is 4.98 Å². The van der Waals surface area contributed by atoms with Gasteiger partial charge in [-0.1, -0.05) is 41.9 Å². The molecule has 1 aliphatic rings. The number of benzene rings is 2. The fourth-order valence-corrected chi connectivity index (χ4v) is 3.79.